The Morgan fingerprint density at radius 1 is 1.55 bits per heavy atom. The van der Waals surface area contributed by atoms with Gasteiger partial charge in [-0.05, 0) is 18.6 Å². The lowest BCUT2D eigenvalue weighted by Gasteiger charge is -2.02. The van der Waals surface area contributed by atoms with Crippen LogP contribution in [0.2, 0.25) is 0 Å². The van der Waals surface area contributed by atoms with Crippen molar-refractivity contribution in [3.05, 3.63) is 24.0 Å². The van der Waals surface area contributed by atoms with Crippen molar-refractivity contribution in [3.63, 3.8) is 0 Å². The van der Waals surface area contributed by atoms with Crippen LogP contribution >= 0.6 is 0 Å². The van der Waals surface area contributed by atoms with Gasteiger partial charge in [-0.25, -0.2) is 0 Å². The molecule has 0 saturated heterocycles. The molecule has 0 N–H and O–H groups in total. The van der Waals surface area contributed by atoms with Gasteiger partial charge in [-0.3, -0.25) is 4.98 Å². The molecule has 11 heavy (non-hydrogen) atoms. The van der Waals surface area contributed by atoms with E-state index in [1.807, 2.05) is 19.2 Å². The van der Waals surface area contributed by atoms with Crippen LogP contribution in [0.15, 0.2) is 18.5 Å². The molecule has 58 valence electrons. The smallest absolute Gasteiger partial charge is 0.137 e. The second kappa shape index (κ2) is 4.01. The Morgan fingerprint density at radius 2 is 2.36 bits per heavy atom. The van der Waals surface area contributed by atoms with Gasteiger partial charge in [-0.15, -0.1) is 0 Å². The molecule has 2 nitrogen and oxygen atoms in total. The fourth-order valence-corrected chi connectivity index (χ4v) is 0.903. The van der Waals surface area contributed by atoms with Gasteiger partial charge in [0.1, 0.15) is 13.6 Å². The van der Waals surface area contributed by atoms with E-state index in [1.54, 1.807) is 6.20 Å². The average molecular weight is 149 g/mol. The summed E-state index contributed by atoms with van der Waals surface area (Å²) in [5.41, 5.74) is 1.22. The van der Waals surface area contributed by atoms with E-state index in [1.165, 1.54) is 5.56 Å². The van der Waals surface area contributed by atoms with E-state index in [2.05, 4.69) is 12.8 Å². The predicted octanol–water partition coefficient (Wildman–Crippen LogP) is 0.613. The molecule has 0 aliphatic carbocycles. The minimum absolute atomic E-state index is 0.703. The molecule has 1 aromatic heterocycles. The third-order valence-corrected chi connectivity index (χ3v) is 1.49. The Bertz CT molecular complexity index is 227. The largest absolute Gasteiger partial charge is 0.492 e. The van der Waals surface area contributed by atoms with Gasteiger partial charge in [0.2, 0.25) is 0 Å². The van der Waals surface area contributed by atoms with Crippen molar-refractivity contribution >= 4 is 7.85 Å². The molecule has 1 rings (SSSR count). The normalized spacial score (nSPS) is 9.55. The first kappa shape index (κ1) is 8.11. The van der Waals surface area contributed by atoms with Gasteiger partial charge in [0.05, 0.1) is 12.8 Å². The maximum absolute atomic E-state index is 5.29. The van der Waals surface area contributed by atoms with Crippen molar-refractivity contribution < 1.29 is 4.74 Å². The molecule has 3 heteroatoms. The summed E-state index contributed by atoms with van der Waals surface area (Å²) in [6.45, 7) is 2.67. The molecule has 0 unspecified atom stereocenters. The predicted molar refractivity (Wildman–Crippen MR) is 47.7 cm³/mol. The Hall–Kier alpha value is -0.985. The topological polar surface area (TPSA) is 22.1 Å². The lowest BCUT2D eigenvalue weighted by atomic mass is 9.99. The van der Waals surface area contributed by atoms with Crippen molar-refractivity contribution in [1.29, 1.82) is 0 Å². The number of hydrogen-bond donors (Lipinski definition) is 0. The van der Waals surface area contributed by atoms with E-state index in [-0.39, 0.29) is 0 Å². The van der Waals surface area contributed by atoms with Crippen molar-refractivity contribution in [3.8, 4) is 5.75 Å². The van der Waals surface area contributed by atoms with Crippen molar-refractivity contribution in [2.24, 2.45) is 0 Å². The molecule has 0 saturated carbocycles. The molecule has 0 aliphatic heterocycles. The van der Waals surface area contributed by atoms with Crippen LogP contribution in [-0.4, -0.2) is 19.4 Å². The molecule has 0 amide bonds. The SMILES string of the molecule is BCc1cncc(OCC)c1. The molecule has 0 atom stereocenters. The summed E-state index contributed by atoms with van der Waals surface area (Å²) in [6.07, 6.45) is 4.61. The fourth-order valence-electron chi connectivity index (χ4n) is 0.903. The first-order valence-electron chi connectivity index (χ1n) is 3.93. The van der Waals surface area contributed by atoms with Gasteiger partial charge in [0.15, 0.2) is 0 Å². The number of ether oxygens (including phenoxy) is 1. The van der Waals surface area contributed by atoms with Gasteiger partial charge in [-0.2, -0.15) is 0 Å². The molecule has 0 aromatic carbocycles. The van der Waals surface area contributed by atoms with Gasteiger partial charge in [0, 0.05) is 6.20 Å². The number of nitrogens with zero attached hydrogens (tertiary/aromatic N) is 1. The fraction of sp³-hybridized carbons (Fsp3) is 0.375. The zero-order chi connectivity index (χ0) is 8.10. The van der Waals surface area contributed by atoms with Gasteiger partial charge in [-0.1, -0.05) is 6.32 Å². The summed E-state index contributed by atoms with van der Waals surface area (Å²) in [7, 11) is 2.10. The zero-order valence-electron chi connectivity index (χ0n) is 7.00. The minimum Gasteiger partial charge on any atom is -0.492 e. The third-order valence-electron chi connectivity index (χ3n) is 1.49. The number of hydrogen-bond acceptors (Lipinski definition) is 2. The Labute approximate surface area is 68.0 Å². The standard InChI is InChI=1S/C8H12BNO/c1-2-11-8-3-7(4-9)5-10-6-8/h3,5-6H,2,4,9H2,1H3. The first-order valence-corrected chi connectivity index (χ1v) is 3.93. The minimum atomic E-state index is 0.703. The van der Waals surface area contributed by atoms with Crippen molar-refractivity contribution in [1.82, 2.24) is 4.98 Å². The molecule has 0 radical (unpaired) electrons. The number of rotatable bonds is 3. The Morgan fingerprint density at radius 3 is 3.00 bits per heavy atom. The van der Waals surface area contributed by atoms with Crippen LogP contribution in [0.3, 0.4) is 0 Å². The molecule has 1 heterocycles. The zero-order valence-corrected chi connectivity index (χ0v) is 7.00. The molecular weight excluding hydrogens is 137 g/mol. The summed E-state index contributed by atoms with van der Waals surface area (Å²) in [5, 5.41) is 0. The first-order chi connectivity index (χ1) is 5.36. The lowest BCUT2D eigenvalue weighted by molar-refractivity contribution is 0.338. The second-order valence-corrected chi connectivity index (χ2v) is 2.32. The highest BCUT2D eigenvalue weighted by Gasteiger charge is 1.93. The van der Waals surface area contributed by atoms with Gasteiger partial charge in [0.25, 0.3) is 0 Å². The van der Waals surface area contributed by atoms with Crippen LogP contribution in [0, 0.1) is 0 Å². The highest BCUT2D eigenvalue weighted by atomic mass is 16.5. The lowest BCUT2D eigenvalue weighted by Crippen LogP contribution is -1.93. The highest BCUT2D eigenvalue weighted by Crippen LogP contribution is 2.10. The number of pyridine rings is 1. The van der Waals surface area contributed by atoms with Crippen LogP contribution in [0.4, 0.5) is 0 Å². The maximum Gasteiger partial charge on any atom is 0.137 e. The summed E-state index contributed by atoms with van der Waals surface area (Å²) in [6, 6.07) is 2.02. The summed E-state index contributed by atoms with van der Waals surface area (Å²) in [5.74, 6) is 0.867. The quantitative estimate of drug-likeness (QED) is 0.587. The van der Waals surface area contributed by atoms with Crippen LogP contribution < -0.4 is 4.74 Å². The van der Waals surface area contributed by atoms with Crippen LogP contribution in [0.25, 0.3) is 0 Å². The summed E-state index contributed by atoms with van der Waals surface area (Å²) in [4.78, 5) is 4.05. The molecule has 1 aromatic rings. The molecule has 0 fully saturated rings. The van der Waals surface area contributed by atoms with Crippen molar-refractivity contribution in [2.45, 2.75) is 13.2 Å². The maximum atomic E-state index is 5.29. The van der Waals surface area contributed by atoms with Crippen molar-refractivity contribution in [2.75, 3.05) is 6.61 Å². The Balaban J connectivity index is 2.74. The van der Waals surface area contributed by atoms with Gasteiger partial charge >= 0.3 is 0 Å². The highest BCUT2D eigenvalue weighted by molar-refractivity contribution is 6.08. The summed E-state index contributed by atoms with van der Waals surface area (Å²) >= 11 is 0. The second-order valence-electron chi connectivity index (χ2n) is 2.32. The monoisotopic (exact) mass is 149 g/mol. The molecular formula is C8H12BNO. The van der Waals surface area contributed by atoms with Crippen LogP contribution in [-0.2, 0) is 6.32 Å². The van der Waals surface area contributed by atoms with E-state index in [0.29, 0.717) is 6.61 Å². The van der Waals surface area contributed by atoms with Crippen LogP contribution in [0.1, 0.15) is 12.5 Å². The van der Waals surface area contributed by atoms with E-state index in [0.717, 1.165) is 12.1 Å². The van der Waals surface area contributed by atoms with E-state index in [4.69, 9.17) is 4.74 Å². The number of aromatic nitrogens is 1. The molecule has 0 aliphatic rings. The molecule has 0 spiro atoms. The van der Waals surface area contributed by atoms with E-state index in [9.17, 15) is 0 Å². The van der Waals surface area contributed by atoms with E-state index >= 15 is 0 Å². The van der Waals surface area contributed by atoms with Gasteiger partial charge < -0.3 is 4.74 Å². The molecule has 0 bridgehead atoms. The summed E-state index contributed by atoms with van der Waals surface area (Å²) < 4.78 is 5.29. The van der Waals surface area contributed by atoms with Crippen LogP contribution in [0.5, 0.6) is 5.75 Å². The van der Waals surface area contributed by atoms with E-state index < -0.39 is 0 Å². The Kier molecular flexibility index (Phi) is 2.96. The average Bonchev–Trinajstić information content (AvgIpc) is 2.06. The third kappa shape index (κ3) is 2.26.